The molecule has 126 valence electrons. The standard InChI is InChI=1S/C14H25N5OS.HI/c1-11-13(21-12(2)18-11)10-17-14(15)16-4-3-5-19-6-8-20-9-7-19;/h3-10H2,1-2H3,(H3,15,16,17);1H. The average molecular weight is 439 g/mol. The minimum atomic E-state index is 0. The lowest BCUT2D eigenvalue weighted by molar-refractivity contribution is 0.0376. The Morgan fingerprint density at radius 2 is 2.14 bits per heavy atom. The molecule has 0 radical (unpaired) electrons. The number of aliphatic imine (C=N–C) groups is 1. The quantitative estimate of drug-likeness (QED) is 0.304. The fourth-order valence-electron chi connectivity index (χ4n) is 2.28. The summed E-state index contributed by atoms with van der Waals surface area (Å²) in [4.78, 5) is 12.4. The van der Waals surface area contributed by atoms with Crippen LogP contribution < -0.4 is 11.1 Å². The smallest absolute Gasteiger partial charge is 0.188 e. The zero-order chi connectivity index (χ0) is 15.1. The van der Waals surface area contributed by atoms with Crippen LogP contribution in [0.3, 0.4) is 0 Å². The van der Waals surface area contributed by atoms with Gasteiger partial charge >= 0.3 is 0 Å². The van der Waals surface area contributed by atoms with E-state index in [1.54, 1.807) is 11.3 Å². The van der Waals surface area contributed by atoms with Gasteiger partial charge in [-0.05, 0) is 26.8 Å². The highest BCUT2D eigenvalue weighted by Crippen LogP contribution is 2.17. The number of hydrogen-bond donors (Lipinski definition) is 2. The first-order valence-electron chi connectivity index (χ1n) is 7.42. The number of aromatic nitrogens is 1. The van der Waals surface area contributed by atoms with Crippen LogP contribution in [0.2, 0.25) is 0 Å². The van der Waals surface area contributed by atoms with E-state index in [2.05, 4.69) is 20.2 Å². The first kappa shape index (κ1) is 19.6. The van der Waals surface area contributed by atoms with Gasteiger partial charge in [0.05, 0.1) is 30.5 Å². The Kier molecular flexibility index (Phi) is 9.22. The van der Waals surface area contributed by atoms with Gasteiger partial charge in [0.15, 0.2) is 5.96 Å². The van der Waals surface area contributed by atoms with Gasteiger partial charge in [0.1, 0.15) is 0 Å². The molecule has 3 N–H and O–H groups in total. The van der Waals surface area contributed by atoms with E-state index >= 15 is 0 Å². The zero-order valence-electron chi connectivity index (χ0n) is 13.3. The number of aryl methyl sites for hydroxylation is 2. The summed E-state index contributed by atoms with van der Waals surface area (Å²) >= 11 is 1.68. The van der Waals surface area contributed by atoms with Crippen LogP contribution >= 0.6 is 35.3 Å². The summed E-state index contributed by atoms with van der Waals surface area (Å²) in [6.45, 7) is 10.3. The summed E-state index contributed by atoms with van der Waals surface area (Å²) in [6, 6.07) is 0. The van der Waals surface area contributed by atoms with Gasteiger partial charge in [-0.25, -0.2) is 9.98 Å². The fraction of sp³-hybridized carbons (Fsp3) is 0.714. The van der Waals surface area contributed by atoms with Crippen molar-refractivity contribution in [1.82, 2.24) is 15.2 Å². The number of halogens is 1. The molecule has 0 bridgehead atoms. The molecule has 1 fully saturated rings. The Morgan fingerprint density at radius 1 is 1.41 bits per heavy atom. The van der Waals surface area contributed by atoms with E-state index in [9.17, 15) is 0 Å². The van der Waals surface area contributed by atoms with Crippen molar-refractivity contribution in [2.24, 2.45) is 10.7 Å². The lowest BCUT2D eigenvalue weighted by Crippen LogP contribution is -2.39. The third-order valence-corrected chi connectivity index (χ3v) is 4.51. The minimum absolute atomic E-state index is 0. The van der Waals surface area contributed by atoms with Crippen molar-refractivity contribution in [3.63, 3.8) is 0 Å². The normalized spacial score (nSPS) is 16.4. The third kappa shape index (κ3) is 6.76. The number of ether oxygens (including phenoxy) is 1. The highest BCUT2D eigenvalue weighted by Gasteiger charge is 2.09. The van der Waals surface area contributed by atoms with Crippen molar-refractivity contribution in [3.8, 4) is 0 Å². The van der Waals surface area contributed by atoms with E-state index in [0.29, 0.717) is 12.5 Å². The monoisotopic (exact) mass is 439 g/mol. The summed E-state index contributed by atoms with van der Waals surface area (Å²) in [6.07, 6.45) is 1.06. The molecule has 6 nitrogen and oxygen atoms in total. The molecule has 2 heterocycles. The molecule has 0 aliphatic carbocycles. The van der Waals surface area contributed by atoms with Gasteiger partial charge in [-0.1, -0.05) is 0 Å². The molecule has 1 aromatic heterocycles. The van der Waals surface area contributed by atoms with Crippen molar-refractivity contribution in [1.29, 1.82) is 0 Å². The fourth-order valence-corrected chi connectivity index (χ4v) is 3.14. The van der Waals surface area contributed by atoms with E-state index in [-0.39, 0.29) is 24.0 Å². The molecule has 0 atom stereocenters. The van der Waals surface area contributed by atoms with Gasteiger partial charge < -0.3 is 15.8 Å². The van der Waals surface area contributed by atoms with Gasteiger partial charge in [0.2, 0.25) is 0 Å². The molecule has 0 spiro atoms. The highest BCUT2D eigenvalue weighted by molar-refractivity contribution is 14.0. The molecule has 0 aromatic carbocycles. The highest BCUT2D eigenvalue weighted by atomic mass is 127. The van der Waals surface area contributed by atoms with Crippen LogP contribution in [0.4, 0.5) is 0 Å². The van der Waals surface area contributed by atoms with Crippen LogP contribution in [0.1, 0.15) is 22.0 Å². The van der Waals surface area contributed by atoms with Crippen molar-refractivity contribution >= 4 is 41.3 Å². The molecule has 1 aliphatic rings. The Balaban J connectivity index is 0.00000242. The lowest BCUT2D eigenvalue weighted by Gasteiger charge is -2.26. The van der Waals surface area contributed by atoms with Crippen LogP contribution in [0.15, 0.2) is 4.99 Å². The van der Waals surface area contributed by atoms with Gasteiger partial charge in [-0.3, -0.25) is 4.90 Å². The first-order valence-corrected chi connectivity index (χ1v) is 8.23. The second-order valence-electron chi connectivity index (χ2n) is 5.18. The van der Waals surface area contributed by atoms with Crippen LogP contribution in [0, 0.1) is 13.8 Å². The Hall–Kier alpha value is -0.450. The zero-order valence-corrected chi connectivity index (χ0v) is 16.4. The van der Waals surface area contributed by atoms with E-state index in [4.69, 9.17) is 10.5 Å². The van der Waals surface area contributed by atoms with Crippen molar-refractivity contribution in [3.05, 3.63) is 15.6 Å². The summed E-state index contributed by atoms with van der Waals surface area (Å²) in [5, 5.41) is 4.25. The molecule has 22 heavy (non-hydrogen) atoms. The number of guanidine groups is 1. The van der Waals surface area contributed by atoms with Crippen LogP contribution in [0.5, 0.6) is 0 Å². The van der Waals surface area contributed by atoms with Crippen molar-refractivity contribution in [2.75, 3.05) is 39.4 Å². The summed E-state index contributed by atoms with van der Waals surface area (Å²) in [5.41, 5.74) is 6.94. The molecule has 0 amide bonds. The van der Waals surface area contributed by atoms with E-state index in [1.165, 1.54) is 4.88 Å². The number of nitrogens with two attached hydrogens (primary N) is 1. The first-order chi connectivity index (χ1) is 10.1. The van der Waals surface area contributed by atoms with Crippen molar-refractivity contribution in [2.45, 2.75) is 26.8 Å². The second kappa shape index (κ2) is 10.3. The molecule has 0 unspecified atom stereocenters. The summed E-state index contributed by atoms with van der Waals surface area (Å²) in [5.74, 6) is 0.516. The van der Waals surface area contributed by atoms with Gasteiger partial charge in [-0.2, -0.15) is 0 Å². The molecule has 0 saturated carbocycles. The van der Waals surface area contributed by atoms with Crippen LogP contribution in [-0.2, 0) is 11.3 Å². The number of hydrogen-bond acceptors (Lipinski definition) is 5. The van der Waals surface area contributed by atoms with Gasteiger partial charge in [-0.15, -0.1) is 35.3 Å². The molecule has 8 heteroatoms. The number of thiazole rings is 1. The number of rotatable bonds is 6. The number of nitrogens with zero attached hydrogens (tertiary/aromatic N) is 3. The molecule has 2 rings (SSSR count). The SMILES string of the molecule is Cc1nc(C)c(CN=C(N)NCCCN2CCOCC2)s1.I. The summed E-state index contributed by atoms with van der Waals surface area (Å²) < 4.78 is 5.33. The second-order valence-corrected chi connectivity index (χ2v) is 6.47. The van der Waals surface area contributed by atoms with Crippen LogP contribution in [0.25, 0.3) is 0 Å². The maximum Gasteiger partial charge on any atom is 0.188 e. The van der Waals surface area contributed by atoms with E-state index in [0.717, 1.165) is 56.5 Å². The van der Waals surface area contributed by atoms with Gasteiger partial charge in [0.25, 0.3) is 0 Å². The maximum absolute atomic E-state index is 5.89. The average Bonchev–Trinajstić information content (AvgIpc) is 2.80. The Morgan fingerprint density at radius 3 is 2.77 bits per heavy atom. The topological polar surface area (TPSA) is 75.8 Å². The molecular formula is C14H26IN5OS. The van der Waals surface area contributed by atoms with Crippen molar-refractivity contribution < 1.29 is 4.74 Å². The molecule has 1 aromatic rings. The van der Waals surface area contributed by atoms with Crippen LogP contribution in [-0.4, -0.2) is 55.2 Å². The molecular weight excluding hydrogens is 413 g/mol. The number of nitrogens with one attached hydrogen (secondary N) is 1. The number of morpholine rings is 1. The molecule has 1 saturated heterocycles. The van der Waals surface area contributed by atoms with Gasteiger partial charge in [0, 0.05) is 24.5 Å². The van der Waals surface area contributed by atoms with E-state index < -0.39 is 0 Å². The maximum atomic E-state index is 5.89. The largest absolute Gasteiger partial charge is 0.379 e. The van der Waals surface area contributed by atoms with E-state index in [1.807, 2.05) is 13.8 Å². The lowest BCUT2D eigenvalue weighted by atomic mass is 10.3. The third-order valence-electron chi connectivity index (χ3n) is 3.45. The Bertz CT molecular complexity index is 474. The summed E-state index contributed by atoms with van der Waals surface area (Å²) in [7, 11) is 0. The predicted octanol–water partition coefficient (Wildman–Crippen LogP) is 1.50. The molecule has 1 aliphatic heterocycles. The minimum Gasteiger partial charge on any atom is -0.379 e. The predicted molar refractivity (Wildman–Crippen MR) is 102 cm³/mol. The Labute approximate surface area is 153 Å².